The fourth-order valence-electron chi connectivity index (χ4n) is 2.62. The second-order valence-corrected chi connectivity index (χ2v) is 7.77. The van der Waals surface area contributed by atoms with Gasteiger partial charge in [0.05, 0.1) is 44.9 Å². The van der Waals surface area contributed by atoms with Gasteiger partial charge in [-0.2, -0.15) is 26.3 Å². The van der Waals surface area contributed by atoms with Crippen LogP contribution in [0.3, 0.4) is 0 Å². The van der Waals surface area contributed by atoms with Crippen LogP contribution in [-0.4, -0.2) is 24.9 Å². The van der Waals surface area contributed by atoms with E-state index in [-0.39, 0.29) is 28.7 Å². The Bertz CT molecular complexity index is 1050. The Labute approximate surface area is 169 Å². The molecule has 0 spiro atoms. The van der Waals surface area contributed by atoms with Crippen molar-refractivity contribution in [3.8, 4) is 22.6 Å². The van der Waals surface area contributed by atoms with Crippen LogP contribution in [0.15, 0.2) is 53.8 Å². The van der Waals surface area contributed by atoms with Crippen LogP contribution in [0.2, 0.25) is 0 Å². The Hall–Kier alpha value is -2.82. The molecule has 158 valence electrons. The molecule has 0 aliphatic carbocycles. The lowest BCUT2D eigenvalue weighted by Gasteiger charge is -2.14. The molecule has 0 aliphatic heterocycles. The first kappa shape index (κ1) is 21.9. The zero-order valence-corrected chi connectivity index (χ0v) is 16.1. The standard InChI is InChI=1S/C19H13F6N3OS/c1-2-30(29)16-4-3-5-26-17(16)15-10-27-14(9-28-15)11-6-12(18(20,21)22)8-13(7-11)19(23,24)25/h3-10H,2H2,1H3. The van der Waals surface area contributed by atoms with Gasteiger partial charge in [-0.1, -0.05) is 6.92 Å². The maximum Gasteiger partial charge on any atom is 0.416 e. The minimum Gasteiger partial charge on any atom is -0.254 e. The molecule has 3 rings (SSSR count). The normalized spacial score (nSPS) is 13.3. The first-order valence-corrected chi connectivity index (χ1v) is 9.78. The number of hydrogen-bond acceptors (Lipinski definition) is 4. The molecule has 2 heterocycles. The molecular formula is C19H13F6N3OS. The number of alkyl halides is 6. The first-order valence-electron chi connectivity index (χ1n) is 8.46. The third kappa shape index (κ3) is 4.66. The average molecular weight is 445 g/mol. The second-order valence-electron chi connectivity index (χ2n) is 6.07. The lowest BCUT2D eigenvalue weighted by Crippen LogP contribution is -2.11. The van der Waals surface area contributed by atoms with Crippen LogP contribution in [0.1, 0.15) is 18.1 Å². The van der Waals surface area contributed by atoms with Crippen LogP contribution < -0.4 is 0 Å². The van der Waals surface area contributed by atoms with Gasteiger partial charge in [0.1, 0.15) is 11.4 Å². The summed E-state index contributed by atoms with van der Waals surface area (Å²) >= 11 is 0. The predicted octanol–water partition coefficient (Wildman–Crippen LogP) is 5.37. The number of benzene rings is 1. The highest BCUT2D eigenvalue weighted by atomic mass is 32.2. The number of nitrogens with zero attached hydrogens (tertiary/aromatic N) is 3. The molecule has 1 aromatic carbocycles. The molecule has 0 N–H and O–H groups in total. The minimum atomic E-state index is -4.96. The first-order chi connectivity index (χ1) is 14.0. The van der Waals surface area contributed by atoms with Crippen molar-refractivity contribution >= 4 is 10.8 Å². The van der Waals surface area contributed by atoms with E-state index in [1.54, 1.807) is 19.1 Å². The predicted molar refractivity (Wildman–Crippen MR) is 97.7 cm³/mol. The van der Waals surface area contributed by atoms with Gasteiger partial charge in [0.25, 0.3) is 0 Å². The molecule has 0 fully saturated rings. The van der Waals surface area contributed by atoms with E-state index in [1.165, 1.54) is 12.4 Å². The van der Waals surface area contributed by atoms with Gasteiger partial charge in [-0.05, 0) is 30.3 Å². The van der Waals surface area contributed by atoms with E-state index < -0.39 is 34.3 Å². The molecule has 1 unspecified atom stereocenters. The summed E-state index contributed by atoms with van der Waals surface area (Å²) < 4.78 is 90.5. The van der Waals surface area contributed by atoms with Crippen molar-refractivity contribution in [2.24, 2.45) is 0 Å². The molecule has 0 saturated heterocycles. The van der Waals surface area contributed by atoms with E-state index in [0.29, 0.717) is 22.8 Å². The number of halogens is 6. The fraction of sp³-hybridized carbons (Fsp3) is 0.211. The highest BCUT2D eigenvalue weighted by molar-refractivity contribution is 7.85. The molecule has 0 saturated carbocycles. The van der Waals surface area contributed by atoms with Crippen molar-refractivity contribution in [2.45, 2.75) is 24.2 Å². The number of aromatic nitrogens is 3. The molecule has 4 nitrogen and oxygen atoms in total. The summed E-state index contributed by atoms with van der Waals surface area (Å²) in [5.74, 6) is 0.328. The lowest BCUT2D eigenvalue weighted by molar-refractivity contribution is -0.143. The summed E-state index contributed by atoms with van der Waals surface area (Å²) in [6.45, 7) is 1.72. The average Bonchev–Trinajstić information content (AvgIpc) is 2.71. The summed E-state index contributed by atoms with van der Waals surface area (Å²) in [6, 6.07) is 4.40. The summed E-state index contributed by atoms with van der Waals surface area (Å²) in [6.07, 6.45) is -6.25. The van der Waals surface area contributed by atoms with Crippen LogP contribution >= 0.6 is 0 Å². The van der Waals surface area contributed by atoms with Crippen LogP contribution in [0.25, 0.3) is 22.6 Å². The van der Waals surface area contributed by atoms with Crippen molar-refractivity contribution < 1.29 is 30.6 Å². The van der Waals surface area contributed by atoms with Crippen LogP contribution in [0.5, 0.6) is 0 Å². The Morgan fingerprint density at radius 2 is 1.43 bits per heavy atom. The second kappa shape index (κ2) is 8.13. The van der Waals surface area contributed by atoms with Gasteiger partial charge >= 0.3 is 12.4 Å². The SMILES string of the molecule is CCS(=O)c1cccnc1-c1cnc(-c2cc(C(F)(F)F)cc(C(F)(F)F)c2)cn1. The number of rotatable bonds is 4. The molecular weight excluding hydrogens is 432 g/mol. The minimum absolute atomic E-state index is 0.0471. The van der Waals surface area contributed by atoms with Gasteiger partial charge in [-0.15, -0.1) is 0 Å². The molecule has 1 atom stereocenters. The zero-order valence-electron chi connectivity index (χ0n) is 15.3. The highest BCUT2D eigenvalue weighted by Gasteiger charge is 2.37. The quantitative estimate of drug-likeness (QED) is 0.507. The Morgan fingerprint density at radius 3 is 1.93 bits per heavy atom. The summed E-state index contributed by atoms with van der Waals surface area (Å²) in [5.41, 5.74) is -2.97. The molecule has 3 aromatic rings. The number of hydrogen-bond donors (Lipinski definition) is 0. The van der Waals surface area contributed by atoms with Crippen LogP contribution in [0.4, 0.5) is 26.3 Å². The fourth-order valence-corrected chi connectivity index (χ4v) is 3.54. The van der Waals surface area contributed by atoms with Gasteiger partial charge in [0.15, 0.2) is 0 Å². The Morgan fingerprint density at radius 1 is 0.867 bits per heavy atom. The zero-order chi connectivity index (χ0) is 22.1. The molecule has 0 amide bonds. The Balaban J connectivity index is 2.07. The molecule has 0 aliphatic rings. The largest absolute Gasteiger partial charge is 0.416 e. The third-order valence-corrected chi connectivity index (χ3v) is 5.40. The summed E-state index contributed by atoms with van der Waals surface area (Å²) in [4.78, 5) is 12.5. The summed E-state index contributed by atoms with van der Waals surface area (Å²) in [5, 5.41) is 0. The smallest absolute Gasteiger partial charge is 0.254 e. The van der Waals surface area contributed by atoms with Crippen molar-refractivity contribution in [3.05, 3.63) is 60.0 Å². The highest BCUT2D eigenvalue weighted by Crippen LogP contribution is 2.38. The van der Waals surface area contributed by atoms with Crippen molar-refractivity contribution in [2.75, 3.05) is 5.75 Å². The van der Waals surface area contributed by atoms with Crippen LogP contribution in [0, 0.1) is 0 Å². The van der Waals surface area contributed by atoms with Crippen LogP contribution in [-0.2, 0) is 23.2 Å². The molecule has 30 heavy (non-hydrogen) atoms. The Kier molecular flexibility index (Phi) is 5.93. The molecule has 2 aromatic heterocycles. The molecule has 0 radical (unpaired) electrons. The van der Waals surface area contributed by atoms with Gasteiger partial charge in [0, 0.05) is 17.5 Å². The van der Waals surface area contributed by atoms with E-state index in [1.807, 2.05) is 0 Å². The summed E-state index contributed by atoms with van der Waals surface area (Å²) in [7, 11) is -1.35. The van der Waals surface area contributed by atoms with E-state index in [4.69, 9.17) is 0 Å². The van der Waals surface area contributed by atoms with Crippen molar-refractivity contribution in [3.63, 3.8) is 0 Å². The van der Waals surface area contributed by atoms with Crippen molar-refractivity contribution in [1.29, 1.82) is 0 Å². The lowest BCUT2D eigenvalue weighted by atomic mass is 10.0. The van der Waals surface area contributed by atoms with Gasteiger partial charge in [-0.3, -0.25) is 19.2 Å². The van der Waals surface area contributed by atoms with E-state index in [0.717, 1.165) is 6.20 Å². The van der Waals surface area contributed by atoms with E-state index >= 15 is 0 Å². The molecule has 11 heteroatoms. The van der Waals surface area contributed by atoms with E-state index in [2.05, 4.69) is 15.0 Å². The monoisotopic (exact) mass is 445 g/mol. The topological polar surface area (TPSA) is 55.7 Å². The van der Waals surface area contributed by atoms with Crippen molar-refractivity contribution in [1.82, 2.24) is 15.0 Å². The van der Waals surface area contributed by atoms with Gasteiger partial charge < -0.3 is 0 Å². The third-order valence-electron chi connectivity index (χ3n) is 4.06. The maximum absolute atomic E-state index is 13.1. The van der Waals surface area contributed by atoms with E-state index in [9.17, 15) is 30.6 Å². The maximum atomic E-state index is 13.1. The van der Waals surface area contributed by atoms with Gasteiger partial charge in [0.2, 0.25) is 0 Å². The number of pyridine rings is 1. The van der Waals surface area contributed by atoms with Gasteiger partial charge in [-0.25, -0.2) is 0 Å². The molecule has 0 bridgehead atoms.